The number of nitrogens with one attached hydrogen (secondary N) is 1. The monoisotopic (exact) mass is 343 g/mol. The van der Waals surface area contributed by atoms with Gasteiger partial charge in [0.2, 0.25) is 11.8 Å². The van der Waals surface area contributed by atoms with Crippen LogP contribution in [0.15, 0.2) is 55.2 Å². The first-order valence-corrected chi connectivity index (χ1v) is 7.54. The Morgan fingerprint density at radius 3 is 2.67 bits per heavy atom. The lowest BCUT2D eigenvalue weighted by Crippen LogP contribution is -2.23. The van der Waals surface area contributed by atoms with Crippen LogP contribution < -0.4 is 10.1 Å². The van der Waals surface area contributed by atoms with Gasteiger partial charge >= 0.3 is 0 Å². The zero-order valence-corrected chi connectivity index (χ0v) is 13.5. The van der Waals surface area contributed by atoms with Crippen LogP contribution in [0.25, 0.3) is 0 Å². The molecule has 0 fully saturated rings. The standard InChI is InChI=1S/C16H14ClN5O2/c1-11(22-10-18-9-20-22)16(23)21-13-3-5-14(6-4-13)24-15-7-2-12(17)8-19-15/h2-11H,1H3,(H,21,23). The summed E-state index contributed by atoms with van der Waals surface area (Å²) in [5.74, 6) is 0.858. The van der Waals surface area contributed by atoms with E-state index in [-0.39, 0.29) is 5.91 Å². The minimum atomic E-state index is -0.457. The maximum Gasteiger partial charge on any atom is 0.249 e. The van der Waals surface area contributed by atoms with Crippen LogP contribution in [0.5, 0.6) is 11.6 Å². The van der Waals surface area contributed by atoms with Crippen molar-refractivity contribution in [1.82, 2.24) is 19.7 Å². The number of halogens is 1. The minimum Gasteiger partial charge on any atom is -0.439 e. The maximum atomic E-state index is 12.2. The SMILES string of the molecule is CC(C(=O)Nc1ccc(Oc2ccc(Cl)cn2)cc1)n1cncn1. The van der Waals surface area contributed by atoms with E-state index in [0.29, 0.717) is 22.3 Å². The summed E-state index contributed by atoms with van der Waals surface area (Å²) in [7, 11) is 0. The van der Waals surface area contributed by atoms with Crippen molar-refractivity contribution in [3.8, 4) is 11.6 Å². The third kappa shape index (κ3) is 3.88. The van der Waals surface area contributed by atoms with Gasteiger partial charge in [-0.2, -0.15) is 5.10 Å². The molecule has 3 rings (SSSR count). The molecule has 1 atom stereocenters. The van der Waals surface area contributed by atoms with Gasteiger partial charge in [0.25, 0.3) is 0 Å². The summed E-state index contributed by atoms with van der Waals surface area (Å²) in [5, 5.41) is 7.31. The molecule has 0 aliphatic carbocycles. The molecule has 0 spiro atoms. The van der Waals surface area contributed by atoms with Crippen molar-refractivity contribution in [2.75, 3.05) is 5.32 Å². The average molecular weight is 344 g/mol. The second-order valence-corrected chi connectivity index (χ2v) is 5.42. The fraction of sp³-hybridized carbons (Fsp3) is 0.125. The highest BCUT2D eigenvalue weighted by Gasteiger charge is 2.15. The average Bonchev–Trinajstić information content (AvgIpc) is 3.12. The van der Waals surface area contributed by atoms with Crippen molar-refractivity contribution in [3.63, 3.8) is 0 Å². The molecule has 122 valence electrons. The Morgan fingerprint density at radius 1 is 1.25 bits per heavy atom. The Morgan fingerprint density at radius 2 is 2.04 bits per heavy atom. The molecule has 1 aromatic carbocycles. The molecule has 1 unspecified atom stereocenters. The highest BCUT2D eigenvalue weighted by atomic mass is 35.5. The number of rotatable bonds is 5. The van der Waals surface area contributed by atoms with Crippen molar-refractivity contribution in [2.45, 2.75) is 13.0 Å². The van der Waals surface area contributed by atoms with Gasteiger partial charge in [-0.25, -0.2) is 14.6 Å². The lowest BCUT2D eigenvalue weighted by atomic mass is 10.2. The summed E-state index contributed by atoms with van der Waals surface area (Å²) in [6, 6.07) is 9.90. The summed E-state index contributed by atoms with van der Waals surface area (Å²) in [6.45, 7) is 1.74. The smallest absolute Gasteiger partial charge is 0.249 e. The summed E-state index contributed by atoms with van der Waals surface area (Å²) < 4.78 is 7.08. The molecule has 0 radical (unpaired) electrons. The Bertz CT molecular complexity index is 803. The van der Waals surface area contributed by atoms with Crippen LogP contribution >= 0.6 is 11.6 Å². The number of ether oxygens (including phenoxy) is 1. The van der Waals surface area contributed by atoms with Gasteiger partial charge < -0.3 is 10.1 Å². The number of amides is 1. The first kappa shape index (κ1) is 15.9. The normalized spacial score (nSPS) is 11.8. The Hall–Kier alpha value is -2.93. The van der Waals surface area contributed by atoms with Crippen LogP contribution in [-0.4, -0.2) is 25.7 Å². The predicted octanol–water partition coefficient (Wildman–Crippen LogP) is 3.32. The zero-order chi connectivity index (χ0) is 16.9. The van der Waals surface area contributed by atoms with E-state index in [9.17, 15) is 4.79 Å². The van der Waals surface area contributed by atoms with Crippen LogP contribution in [0.2, 0.25) is 5.02 Å². The summed E-state index contributed by atoms with van der Waals surface area (Å²) in [5.41, 5.74) is 0.656. The highest BCUT2D eigenvalue weighted by Crippen LogP contribution is 2.22. The maximum absolute atomic E-state index is 12.2. The largest absolute Gasteiger partial charge is 0.439 e. The van der Waals surface area contributed by atoms with E-state index < -0.39 is 6.04 Å². The van der Waals surface area contributed by atoms with E-state index in [1.807, 2.05) is 0 Å². The van der Waals surface area contributed by atoms with Crippen molar-refractivity contribution in [1.29, 1.82) is 0 Å². The van der Waals surface area contributed by atoms with Crippen molar-refractivity contribution >= 4 is 23.2 Å². The first-order chi connectivity index (χ1) is 11.6. The predicted molar refractivity (Wildman–Crippen MR) is 89.1 cm³/mol. The molecule has 3 aromatic rings. The number of nitrogens with zero attached hydrogens (tertiary/aromatic N) is 4. The number of anilines is 1. The fourth-order valence-corrected chi connectivity index (χ4v) is 2.05. The second kappa shape index (κ2) is 7.10. The van der Waals surface area contributed by atoms with Crippen molar-refractivity contribution in [2.24, 2.45) is 0 Å². The molecule has 0 saturated heterocycles. The molecule has 0 bridgehead atoms. The number of hydrogen-bond donors (Lipinski definition) is 1. The number of benzene rings is 1. The van der Waals surface area contributed by atoms with E-state index in [0.717, 1.165) is 0 Å². The van der Waals surface area contributed by atoms with E-state index in [2.05, 4.69) is 20.4 Å². The van der Waals surface area contributed by atoms with Crippen LogP contribution in [-0.2, 0) is 4.79 Å². The van der Waals surface area contributed by atoms with Gasteiger partial charge in [0.15, 0.2) is 0 Å². The van der Waals surface area contributed by atoms with E-state index in [1.54, 1.807) is 43.3 Å². The Kier molecular flexibility index (Phi) is 4.72. The molecule has 0 aliphatic rings. The summed E-state index contributed by atoms with van der Waals surface area (Å²) >= 11 is 5.78. The van der Waals surface area contributed by atoms with Crippen LogP contribution in [0.4, 0.5) is 5.69 Å². The van der Waals surface area contributed by atoms with Gasteiger partial charge in [-0.05, 0) is 37.3 Å². The fourth-order valence-electron chi connectivity index (χ4n) is 1.93. The summed E-state index contributed by atoms with van der Waals surface area (Å²) in [4.78, 5) is 20.1. The van der Waals surface area contributed by atoms with E-state index >= 15 is 0 Å². The van der Waals surface area contributed by atoms with Gasteiger partial charge in [-0.15, -0.1) is 0 Å². The molecule has 7 nitrogen and oxygen atoms in total. The summed E-state index contributed by atoms with van der Waals surface area (Å²) in [6.07, 6.45) is 4.40. The lowest BCUT2D eigenvalue weighted by molar-refractivity contribution is -0.119. The molecule has 24 heavy (non-hydrogen) atoms. The molecule has 1 N–H and O–H groups in total. The Balaban J connectivity index is 1.62. The molecule has 0 saturated carbocycles. The van der Waals surface area contributed by atoms with Crippen LogP contribution in [0, 0.1) is 0 Å². The van der Waals surface area contributed by atoms with E-state index in [1.165, 1.54) is 23.5 Å². The lowest BCUT2D eigenvalue weighted by Gasteiger charge is -2.12. The van der Waals surface area contributed by atoms with Crippen LogP contribution in [0.1, 0.15) is 13.0 Å². The minimum absolute atomic E-state index is 0.187. The zero-order valence-electron chi connectivity index (χ0n) is 12.8. The third-order valence-electron chi connectivity index (χ3n) is 3.26. The van der Waals surface area contributed by atoms with Gasteiger partial charge in [-0.3, -0.25) is 4.79 Å². The highest BCUT2D eigenvalue weighted by molar-refractivity contribution is 6.30. The molecule has 2 aromatic heterocycles. The molecular weight excluding hydrogens is 330 g/mol. The molecular formula is C16H14ClN5O2. The van der Waals surface area contributed by atoms with Crippen LogP contribution in [0.3, 0.4) is 0 Å². The number of carbonyl (C=O) groups is 1. The number of pyridine rings is 1. The Labute approximate surface area is 143 Å². The quantitative estimate of drug-likeness (QED) is 0.768. The topological polar surface area (TPSA) is 81.9 Å². The third-order valence-corrected chi connectivity index (χ3v) is 3.48. The van der Waals surface area contributed by atoms with Gasteiger partial charge in [0.1, 0.15) is 24.4 Å². The van der Waals surface area contributed by atoms with E-state index in [4.69, 9.17) is 16.3 Å². The van der Waals surface area contributed by atoms with Gasteiger partial charge in [0, 0.05) is 18.0 Å². The molecule has 0 aliphatic heterocycles. The number of aromatic nitrogens is 4. The van der Waals surface area contributed by atoms with Crippen molar-refractivity contribution in [3.05, 3.63) is 60.3 Å². The molecule has 1 amide bonds. The van der Waals surface area contributed by atoms with Gasteiger partial charge in [0.05, 0.1) is 5.02 Å². The second-order valence-electron chi connectivity index (χ2n) is 4.98. The first-order valence-electron chi connectivity index (χ1n) is 7.16. The number of hydrogen-bond acceptors (Lipinski definition) is 5. The number of carbonyl (C=O) groups excluding carboxylic acids is 1. The van der Waals surface area contributed by atoms with Gasteiger partial charge in [-0.1, -0.05) is 11.6 Å². The molecule has 2 heterocycles. The molecule has 8 heteroatoms. The van der Waals surface area contributed by atoms with Crippen molar-refractivity contribution < 1.29 is 9.53 Å².